The van der Waals surface area contributed by atoms with Crippen LogP contribution in [0.25, 0.3) is 0 Å². The summed E-state index contributed by atoms with van der Waals surface area (Å²) < 4.78 is 0. The fourth-order valence-electron chi connectivity index (χ4n) is 0. The van der Waals surface area contributed by atoms with E-state index in [-0.39, 0.29) is 5.17 Å². The van der Waals surface area contributed by atoms with E-state index in [4.69, 9.17) is 17.0 Å². The molecule has 0 aliphatic rings. The average molecular weight is 141 g/mol. The maximum absolute atomic E-state index is 6.14. The van der Waals surface area contributed by atoms with Gasteiger partial charge in [-0.2, -0.15) is 0 Å². The minimum atomic E-state index is -0.139. The van der Waals surface area contributed by atoms with E-state index < -0.39 is 0 Å². The standard InChI is InChI=1S/C2H5Cl.CH4N2S/c1-2-3;2-1(3)4/h2H2,1H3;(H4,2,3,4). The van der Waals surface area contributed by atoms with Crippen molar-refractivity contribution < 1.29 is 0 Å². The first kappa shape index (κ1) is 10.2. The molecule has 2 nitrogen and oxygen atoms in total. The second kappa shape index (κ2) is 9.44. The summed E-state index contributed by atoms with van der Waals surface area (Å²) in [5.74, 6) is 0.722. The molecule has 0 unspecified atom stereocenters. The SMILES string of the molecule is CCCl.N=C(N)S. The van der Waals surface area contributed by atoms with Gasteiger partial charge in [0, 0.05) is 5.88 Å². The molecule has 0 rings (SSSR count). The van der Waals surface area contributed by atoms with Gasteiger partial charge in [0.25, 0.3) is 0 Å². The number of nitrogens with two attached hydrogens (primary N) is 1. The van der Waals surface area contributed by atoms with Gasteiger partial charge in [-0.1, -0.05) is 6.92 Å². The fourth-order valence-corrected chi connectivity index (χ4v) is 0. The molecule has 7 heavy (non-hydrogen) atoms. The Balaban J connectivity index is 0. The van der Waals surface area contributed by atoms with Crippen molar-refractivity contribution in [3.8, 4) is 0 Å². The zero-order chi connectivity index (χ0) is 6.28. The Morgan fingerprint density at radius 3 is 2.00 bits per heavy atom. The molecule has 0 aromatic carbocycles. The van der Waals surface area contributed by atoms with Crippen molar-refractivity contribution in [2.75, 3.05) is 5.88 Å². The van der Waals surface area contributed by atoms with Crippen LogP contribution in [0.1, 0.15) is 6.92 Å². The molecule has 0 radical (unpaired) electrons. The summed E-state index contributed by atoms with van der Waals surface area (Å²) in [7, 11) is 0. The van der Waals surface area contributed by atoms with Crippen molar-refractivity contribution in [2.24, 2.45) is 5.73 Å². The molecule has 4 heteroatoms. The molecule has 0 atom stereocenters. The lowest BCUT2D eigenvalue weighted by molar-refractivity contribution is 1.51. The van der Waals surface area contributed by atoms with Crippen LogP contribution in [0.3, 0.4) is 0 Å². The molecule has 0 heterocycles. The van der Waals surface area contributed by atoms with Gasteiger partial charge >= 0.3 is 0 Å². The Morgan fingerprint density at radius 2 is 2.00 bits per heavy atom. The van der Waals surface area contributed by atoms with Gasteiger partial charge in [0.15, 0.2) is 0 Å². The molecule has 0 aromatic rings. The van der Waals surface area contributed by atoms with Gasteiger partial charge in [-0.05, 0) is 0 Å². The van der Waals surface area contributed by atoms with E-state index in [1.807, 2.05) is 6.92 Å². The van der Waals surface area contributed by atoms with Gasteiger partial charge in [0.2, 0.25) is 0 Å². The van der Waals surface area contributed by atoms with Gasteiger partial charge in [0.05, 0.1) is 0 Å². The molecule has 0 saturated carbocycles. The number of rotatable bonds is 0. The molecule has 0 saturated heterocycles. The van der Waals surface area contributed by atoms with E-state index in [1.165, 1.54) is 0 Å². The molecule has 3 N–H and O–H groups in total. The Kier molecular flexibility index (Phi) is 13.7. The summed E-state index contributed by atoms with van der Waals surface area (Å²) in [5, 5.41) is 6.00. The quantitative estimate of drug-likeness (QED) is 0.200. The number of hydrogen-bond donors (Lipinski definition) is 3. The Hall–Kier alpha value is 0.110. The number of hydrogen-bond acceptors (Lipinski definition) is 1. The van der Waals surface area contributed by atoms with Crippen LogP contribution in [0.4, 0.5) is 0 Å². The van der Waals surface area contributed by atoms with Crippen molar-refractivity contribution in [1.82, 2.24) is 0 Å². The zero-order valence-corrected chi connectivity index (χ0v) is 5.76. The molecule has 44 valence electrons. The highest BCUT2D eigenvalue weighted by Gasteiger charge is 1.55. The summed E-state index contributed by atoms with van der Waals surface area (Å²) in [5.41, 5.74) is 4.56. The molecule has 0 aromatic heterocycles. The third-order valence-corrected chi connectivity index (χ3v) is 0. The van der Waals surface area contributed by atoms with Gasteiger partial charge in [-0.15, -0.1) is 24.2 Å². The minimum absolute atomic E-state index is 0.139. The number of thiol groups is 1. The first-order valence-corrected chi connectivity index (χ1v) is 2.72. The second-order valence-electron chi connectivity index (χ2n) is 0.653. The summed E-state index contributed by atoms with van der Waals surface area (Å²) in [6.45, 7) is 1.89. The van der Waals surface area contributed by atoms with Crippen LogP contribution in [0.2, 0.25) is 0 Å². The third-order valence-electron chi connectivity index (χ3n) is 0. The van der Waals surface area contributed by atoms with E-state index in [2.05, 4.69) is 18.4 Å². The van der Waals surface area contributed by atoms with Crippen molar-refractivity contribution in [3.63, 3.8) is 0 Å². The average Bonchev–Trinajstić information content (AvgIpc) is 1.33. The van der Waals surface area contributed by atoms with E-state index >= 15 is 0 Å². The van der Waals surface area contributed by atoms with Crippen LogP contribution in [0, 0.1) is 5.41 Å². The van der Waals surface area contributed by atoms with Crippen molar-refractivity contribution >= 4 is 29.4 Å². The fraction of sp³-hybridized carbons (Fsp3) is 0.667. The number of nitrogens with one attached hydrogen (secondary N) is 1. The number of alkyl halides is 1. The summed E-state index contributed by atoms with van der Waals surface area (Å²) >= 11 is 8.33. The van der Waals surface area contributed by atoms with Crippen molar-refractivity contribution in [3.05, 3.63) is 0 Å². The van der Waals surface area contributed by atoms with Crippen LogP contribution >= 0.6 is 24.2 Å². The molecular weight excluding hydrogens is 132 g/mol. The maximum atomic E-state index is 6.14. The predicted octanol–water partition coefficient (Wildman–Crippen LogP) is 1.05. The molecule has 0 amide bonds. The van der Waals surface area contributed by atoms with Crippen LogP contribution in [-0.4, -0.2) is 11.0 Å². The van der Waals surface area contributed by atoms with Crippen LogP contribution in [-0.2, 0) is 0 Å². The highest BCUT2D eigenvalue weighted by Crippen LogP contribution is 1.59. The van der Waals surface area contributed by atoms with Crippen LogP contribution in [0.5, 0.6) is 0 Å². The van der Waals surface area contributed by atoms with Gasteiger partial charge in [-0.25, -0.2) is 0 Å². The first-order chi connectivity index (χ1) is 3.15. The minimum Gasteiger partial charge on any atom is -0.379 e. The maximum Gasteiger partial charge on any atom is 0.147 e. The molecule has 0 aliphatic heterocycles. The highest BCUT2D eigenvalue weighted by atomic mass is 35.5. The zero-order valence-electron chi connectivity index (χ0n) is 4.11. The topological polar surface area (TPSA) is 49.9 Å². The third kappa shape index (κ3) is 8530. The molecule has 0 bridgehead atoms. The summed E-state index contributed by atoms with van der Waals surface area (Å²) in [4.78, 5) is 0. The Labute approximate surface area is 54.0 Å². The smallest absolute Gasteiger partial charge is 0.147 e. The number of amidine groups is 1. The summed E-state index contributed by atoms with van der Waals surface area (Å²) in [6.07, 6.45) is 0. The number of halogens is 1. The Bertz CT molecular complexity index is 44.2. The van der Waals surface area contributed by atoms with Crippen LogP contribution < -0.4 is 5.73 Å². The van der Waals surface area contributed by atoms with E-state index in [0.29, 0.717) is 0 Å². The summed E-state index contributed by atoms with van der Waals surface area (Å²) in [6, 6.07) is 0. The Morgan fingerprint density at radius 1 is 2.00 bits per heavy atom. The van der Waals surface area contributed by atoms with E-state index in [1.54, 1.807) is 0 Å². The molecular formula is C3H9ClN2S. The van der Waals surface area contributed by atoms with Crippen molar-refractivity contribution in [2.45, 2.75) is 6.92 Å². The van der Waals surface area contributed by atoms with E-state index in [0.717, 1.165) is 5.88 Å². The highest BCUT2D eigenvalue weighted by molar-refractivity contribution is 7.96. The lowest BCUT2D eigenvalue weighted by Crippen LogP contribution is -1.96. The molecule has 0 aliphatic carbocycles. The molecule has 0 fully saturated rings. The first-order valence-electron chi connectivity index (χ1n) is 1.74. The largest absolute Gasteiger partial charge is 0.379 e. The van der Waals surface area contributed by atoms with Gasteiger partial charge < -0.3 is 5.73 Å². The second-order valence-corrected chi connectivity index (χ2v) is 1.67. The monoisotopic (exact) mass is 140 g/mol. The predicted molar refractivity (Wildman–Crippen MR) is 37.3 cm³/mol. The van der Waals surface area contributed by atoms with Crippen molar-refractivity contribution in [1.29, 1.82) is 5.41 Å². The normalized spacial score (nSPS) is 6.14. The molecule has 0 spiro atoms. The lowest BCUT2D eigenvalue weighted by atomic mass is 11.0. The van der Waals surface area contributed by atoms with E-state index in [9.17, 15) is 0 Å². The van der Waals surface area contributed by atoms with Gasteiger partial charge in [-0.3, -0.25) is 5.41 Å². The van der Waals surface area contributed by atoms with Crippen LogP contribution in [0.15, 0.2) is 0 Å². The van der Waals surface area contributed by atoms with Gasteiger partial charge in [0.1, 0.15) is 5.17 Å². The lowest BCUT2D eigenvalue weighted by Gasteiger charge is -1.65.